The fraction of sp³-hybridized carbons (Fsp3) is 0.714. The first-order valence-electron chi connectivity index (χ1n) is 13.9. The van der Waals surface area contributed by atoms with Gasteiger partial charge in [0.05, 0.1) is 11.6 Å². The van der Waals surface area contributed by atoms with E-state index in [4.69, 9.17) is 14.5 Å². The molecule has 0 saturated heterocycles. The van der Waals surface area contributed by atoms with Crippen molar-refractivity contribution in [2.24, 2.45) is 16.2 Å². The number of hydrogen-bond donors (Lipinski definition) is 1. The molecule has 1 aromatic carbocycles. The van der Waals surface area contributed by atoms with Crippen LogP contribution in [0.5, 0.6) is 0 Å². The molecule has 0 spiro atoms. The van der Waals surface area contributed by atoms with Gasteiger partial charge in [-0.3, -0.25) is 0 Å². The van der Waals surface area contributed by atoms with E-state index in [2.05, 4.69) is 36.2 Å². The quantitative estimate of drug-likeness (QED) is 0.248. The SMILES string of the molecule is CC1CCC([C@H](NC(=O)OC(C)(C)C)c2nc3c(F)c(N=S(C)(C)=O)ccc3n2COCC[Si](C)(C)C)CC1. The van der Waals surface area contributed by atoms with Gasteiger partial charge in [-0.2, -0.15) is 4.36 Å². The number of carbonyl (C=O) groups is 1. The third-order valence-electron chi connectivity index (χ3n) is 6.89. The summed E-state index contributed by atoms with van der Waals surface area (Å²) in [5.41, 5.74) is 0.0277. The minimum Gasteiger partial charge on any atom is -0.444 e. The van der Waals surface area contributed by atoms with Crippen molar-refractivity contribution >= 4 is 40.6 Å². The number of benzene rings is 1. The number of nitrogens with zero attached hydrogens (tertiary/aromatic N) is 3. The maximum Gasteiger partial charge on any atom is 0.408 e. The molecule has 1 fully saturated rings. The van der Waals surface area contributed by atoms with Crippen LogP contribution in [-0.4, -0.2) is 52.6 Å². The van der Waals surface area contributed by atoms with Gasteiger partial charge in [0.25, 0.3) is 0 Å². The molecule has 1 aliphatic rings. The van der Waals surface area contributed by atoms with Crippen LogP contribution in [0.2, 0.25) is 25.7 Å². The van der Waals surface area contributed by atoms with Crippen molar-refractivity contribution < 1.29 is 22.9 Å². The number of hydrogen-bond acceptors (Lipinski definition) is 6. The molecular formula is C28H47FN4O4SSi. The molecule has 0 radical (unpaired) electrons. The summed E-state index contributed by atoms with van der Waals surface area (Å²) in [5.74, 6) is 0.641. The average Bonchev–Trinajstić information content (AvgIpc) is 3.14. The summed E-state index contributed by atoms with van der Waals surface area (Å²) < 4.78 is 45.7. The number of ether oxygens (including phenoxy) is 2. The Bertz CT molecular complexity index is 1280. The molecule has 8 nitrogen and oxygen atoms in total. The molecule has 0 bridgehead atoms. The maximum absolute atomic E-state index is 15.7. The number of alkyl carbamates (subject to hydrolysis) is 1. The van der Waals surface area contributed by atoms with Gasteiger partial charge in [0.1, 0.15) is 29.4 Å². The van der Waals surface area contributed by atoms with Crippen LogP contribution in [0.25, 0.3) is 11.0 Å². The maximum atomic E-state index is 15.7. The molecule has 0 unspecified atom stereocenters. The van der Waals surface area contributed by atoms with Gasteiger partial charge in [-0.25, -0.2) is 18.4 Å². The highest BCUT2D eigenvalue weighted by molar-refractivity contribution is 7.92. The predicted molar refractivity (Wildman–Crippen MR) is 159 cm³/mol. The topological polar surface area (TPSA) is 94.8 Å². The molecule has 1 amide bonds. The third kappa shape index (κ3) is 9.28. The first-order valence-corrected chi connectivity index (χ1v) is 19.9. The van der Waals surface area contributed by atoms with Crippen molar-refractivity contribution in [3.05, 3.63) is 23.8 Å². The van der Waals surface area contributed by atoms with Gasteiger partial charge in [-0.15, -0.1) is 0 Å². The monoisotopic (exact) mass is 582 g/mol. The summed E-state index contributed by atoms with van der Waals surface area (Å²) in [7, 11) is -3.88. The summed E-state index contributed by atoms with van der Waals surface area (Å²) in [6.45, 7) is 15.4. The second kappa shape index (κ2) is 12.3. The van der Waals surface area contributed by atoms with Crippen LogP contribution in [0.3, 0.4) is 0 Å². The fourth-order valence-corrected chi connectivity index (χ4v) is 6.20. The van der Waals surface area contributed by atoms with E-state index in [1.165, 1.54) is 18.6 Å². The van der Waals surface area contributed by atoms with E-state index in [1.807, 2.05) is 25.3 Å². The Kier molecular flexibility index (Phi) is 9.92. The highest BCUT2D eigenvalue weighted by Crippen LogP contribution is 2.39. The van der Waals surface area contributed by atoms with E-state index in [1.54, 1.807) is 6.07 Å². The van der Waals surface area contributed by atoms with Crippen molar-refractivity contribution in [2.45, 2.75) is 97.4 Å². The Labute approximate surface area is 234 Å². The zero-order valence-corrected chi connectivity index (χ0v) is 26.9. The summed E-state index contributed by atoms with van der Waals surface area (Å²) in [6.07, 6.45) is 6.33. The number of aromatic nitrogens is 2. The lowest BCUT2D eigenvalue weighted by molar-refractivity contribution is 0.0454. The van der Waals surface area contributed by atoms with E-state index < -0.39 is 41.4 Å². The molecule has 3 rings (SSSR count). The Morgan fingerprint density at radius 3 is 2.44 bits per heavy atom. The van der Waals surface area contributed by atoms with Crippen molar-refractivity contribution in [3.8, 4) is 0 Å². The second-order valence-corrected chi connectivity index (χ2v) is 21.6. The van der Waals surface area contributed by atoms with Gasteiger partial charge in [-0.1, -0.05) is 39.4 Å². The summed E-state index contributed by atoms with van der Waals surface area (Å²) in [6, 6.07) is 3.79. The molecule has 11 heteroatoms. The average molecular weight is 583 g/mol. The molecule has 1 atom stereocenters. The smallest absolute Gasteiger partial charge is 0.408 e. The number of fused-ring (bicyclic) bond motifs is 1. The van der Waals surface area contributed by atoms with Crippen LogP contribution in [0, 0.1) is 17.7 Å². The second-order valence-electron chi connectivity index (χ2n) is 13.4. The third-order valence-corrected chi connectivity index (χ3v) is 9.23. The molecule has 1 saturated carbocycles. The molecule has 1 aromatic heterocycles. The minimum absolute atomic E-state index is 0.0106. The van der Waals surface area contributed by atoms with Crippen molar-refractivity contribution in [3.63, 3.8) is 0 Å². The van der Waals surface area contributed by atoms with Crippen LogP contribution >= 0.6 is 0 Å². The molecule has 0 aliphatic heterocycles. The normalized spacial score (nSPS) is 19.6. The largest absolute Gasteiger partial charge is 0.444 e. The Balaban J connectivity index is 2.11. The minimum atomic E-state index is -2.57. The predicted octanol–water partition coefficient (Wildman–Crippen LogP) is 7.24. The molecule has 1 N–H and O–H groups in total. The van der Waals surface area contributed by atoms with Crippen LogP contribution in [0.15, 0.2) is 16.5 Å². The standard InChI is InChI=1S/C28H47FN4O4SSi/c1-19-10-12-20(13-11-19)24(31-27(34)37-28(2,3)4)26-30-25-22(33(26)18-36-16-17-39(7,8)9)15-14-21(23(25)29)32-38(5,6)35/h14-15,19-20,24H,10-13,16-18H2,1-9H3,(H,31,34)/t19?,20?,24-/m0/s1. The molecule has 1 heterocycles. The zero-order chi connectivity index (χ0) is 29.2. The Morgan fingerprint density at radius 2 is 1.87 bits per heavy atom. The Morgan fingerprint density at radius 1 is 1.23 bits per heavy atom. The lowest BCUT2D eigenvalue weighted by Gasteiger charge is -2.33. The van der Waals surface area contributed by atoms with Gasteiger partial charge in [0, 0.05) is 36.9 Å². The van der Waals surface area contributed by atoms with Gasteiger partial charge < -0.3 is 19.4 Å². The van der Waals surface area contributed by atoms with Gasteiger partial charge in [-0.05, 0) is 63.6 Å². The molecule has 39 heavy (non-hydrogen) atoms. The van der Waals surface area contributed by atoms with E-state index >= 15 is 4.39 Å². The number of imidazole rings is 1. The summed E-state index contributed by atoms with van der Waals surface area (Å²) in [5, 5.41) is 3.08. The zero-order valence-electron chi connectivity index (χ0n) is 25.1. The van der Waals surface area contributed by atoms with Crippen LogP contribution in [0.1, 0.15) is 65.2 Å². The van der Waals surface area contributed by atoms with Gasteiger partial charge >= 0.3 is 6.09 Å². The van der Waals surface area contributed by atoms with E-state index in [0.29, 0.717) is 23.9 Å². The van der Waals surface area contributed by atoms with E-state index in [0.717, 1.165) is 31.7 Å². The first kappa shape index (κ1) is 31.5. The highest BCUT2D eigenvalue weighted by Gasteiger charge is 2.34. The number of amides is 1. The molecule has 1 aliphatic carbocycles. The number of nitrogens with one attached hydrogen (secondary N) is 1. The highest BCUT2D eigenvalue weighted by atomic mass is 32.2. The first-order chi connectivity index (χ1) is 17.9. The van der Waals surface area contributed by atoms with E-state index in [-0.39, 0.29) is 23.9 Å². The van der Waals surface area contributed by atoms with Crippen LogP contribution in [-0.2, 0) is 25.9 Å². The van der Waals surface area contributed by atoms with Crippen LogP contribution < -0.4 is 5.32 Å². The van der Waals surface area contributed by atoms with Crippen LogP contribution in [0.4, 0.5) is 14.9 Å². The summed E-state index contributed by atoms with van der Waals surface area (Å²) in [4.78, 5) is 17.8. The van der Waals surface area contributed by atoms with Crippen molar-refractivity contribution in [2.75, 3.05) is 19.1 Å². The Hall–Kier alpha value is -1.98. The van der Waals surface area contributed by atoms with Gasteiger partial charge in [0.2, 0.25) is 0 Å². The lowest BCUT2D eigenvalue weighted by Crippen LogP contribution is -2.40. The lowest BCUT2D eigenvalue weighted by atomic mass is 9.79. The van der Waals surface area contributed by atoms with E-state index in [9.17, 15) is 9.00 Å². The fourth-order valence-electron chi connectivity index (χ4n) is 4.83. The number of halogens is 1. The number of rotatable bonds is 9. The van der Waals surface area contributed by atoms with Crippen molar-refractivity contribution in [1.82, 2.24) is 14.9 Å². The number of carbonyl (C=O) groups excluding carboxylic acids is 1. The van der Waals surface area contributed by atoms with Gasteiger partial charge in [0.15, 0.2) is 5.82 Å². The summed E-state index contributed by atoms with van der Waals surface area (Å²) >= 11 is 0. The molecular weight excluding hydrogens is 535 g/mol. The van der Waals surface area contributed by atoms with Crippen molar-refractivity contribution in [1.29, 1.82) is 0 Å². The molecule has 220 valence electrons. The molecule has 2 aromatic rings.